The Morgan fingerprint density at radius 3 is 2.48 bits per heavy atom. The Balaban J connectivity index is 2.86. The minimum atomic E-state index is -0.649. The molecule has 21 heavy (non-hydrogen) atoms. The van der Waals surface area contributed by atoms with Crippen LogP contribution in [0.15, 0.2) is 36.0 Å². The number of nitrogens with zero attached hydrogens (tertiary/aromatic N) is 2. The van der Waals surface area contributed by atoms with Gasteiger partial charge in [-0.15, -0.1) is 0 Å². The summed E-state index contributed by atoms with van der Waals surface area (Å²) < 4.78 is 13.4. The van der Waals surface area contributed by atoms with Crippen LogP contribution in [0.25, 0.3) is 0 Å². The highest BCUT2D eigenvalue weighted by molar-refractivity contribution is 5.97. The Bertz CT molecular complexity index is 549. The van der Waals surface area contributed by atoms with E-state index < -0.39 is 11.7 Å². The van der Waals surface area contributed by atoms with Crippen LogP contribution in [-0.2, 0) is 4.79 Å². The zero-order valence-corrected chi connectivity index (χ0v) is 11.3. The summed E-state index contributed by atoms with van der Waals surface area (Å²) in [7, 11) is 0. The topological polar surface area (TPSA) is 96.6 Å². The van der Waals surface area contributed by atoms with E-state index in [2.05, 4.69) is 5.32 Å². The zero-order chi connectivity index (χ0) is 15.7. The number of carbonyl (C=O) groups excluding carboxylic acids is 1. The van der Waals surface area contributed by atoms with Crippen LogP contribution in [0.5, 0.6) is 0 Å². The second kappa shape index (κ2) is 8.68. The fourth-order valence-corrected chi connectivity index (χ4v) is 1.60. The minimum Gasteiger partial charge on any atom is -0.395 e. The molecule has 7 heteroatoms. The second-order valence-electron chi connectivity index (χ2n) is 4.03. The maximum atomic E-state index is 13.4. The first-order chi connectivity index (χ1) is 10.1. The summed E-state index contributed by atoms with van der Waals surface area (Å²) in [5.74, 6) is -1.16. The predicted molar refractivity (Wildman–Crippen MR) is 74.5 cm³/mol. The molecule has 3 N–H and O–H groups in total. The van der Waals surface area contributed by atoms with Gasteiger partial charge in [0.15, 0.2) is 0 Å². The molecular weight excluding hydrogens is 277 g/mol. The lowest BCUT2D eigenvalue weighted by molar-refractivity contribution is -0.127. The molecule has 0 saturated carbocycles. The molecule has 0 heterocycles. The zero-order valence-electron chi connectivity index (χ0n) is 11.3. The van der Waals surface area contributed by atoms with Crippen LogP contribution >= 0.6 is 0 Å². The number of anilines is 1. The van der Waals surface area contributed by atoms with E-state index in [1.165, 1.54) is 18.2 Å². The largest absolute Gasteiger partial charge is 0.395 e. The predicted octanol–water partition coefficient (Wildman–Crippen LogP) is 0.458. The maximum Gasteiger partial charge on any atom is 0.266 e. The molecule has 0 unspecified atom stereocenters. The van der Waals surface area contributed by atoms with Crippen LogP contribution in [0.3, 0.4) is 0 Å². The van der Waals surface area contributed by atoms with E-state index in [0.29, 0.717) is 0 Å². The van der Waals surface area contributed by atoms with E-state index in [0.717, 1.165) is 11.1 Å². The maximum absolute atomic E-state index is 13.4. The summed E-state index contributed by atoms with van der Waals surface area (Å²) in [6, 6.07) is 7.54. The Kier molecular flexibility index (Phi) is 6.87. The summed E-state index contributed by atoms with van der Waals surface area (Å²) in [4.78, 5) is 13.2. The van der Waals surface area contributed by atoms with Gasteiger partial charge < -0.3 is 20.4 Å². The van der Waals surface area contributed by atoms with Crippen molar-refractivity contribution in [3.63, 3.8) is 0 Å². The van der Waals surface area contributed by atoms with E-state index in [1.54, 1.807) is 12.1 Å². The van der Waals surface area contributed by atoms with Gasteiger partial charge in [0.25, 0.3) is 5.91 Å². The van der Waals surface area contributed by atoms with Crippen molar-refractivity contribution in [3.05, 3.63) is 41.9 Å². The average Bonchev–Trinajstić information content (AvgIpc) is 2.49. The molecule has 0 bridgehead atoms. The molecule has 6 nitrogen and oxygen atoms in total. The summed E-state index contributed by atoms with van der Waals surface area (Å²) in [6.45, 7) is -0.577. The van der Waals surface area contributed by atoms with Gasteiger partial charge in [0.05, 0.1) is 18.9 Å². The minimum absolute atomic E-state index is 0.00187. The Labute approximate surface area is 121 Å². The van der Waals surface area contributed by atoms with Crippen molar-refractivity contribution < 1.29 is 19.4 Å². The number of nitriles is 1. The number of aliphatic hydroxyl groups is 2. The first-order valence-corrected chi connectivity index (χ1v) is 6.26. The Morgan fingerprint density at radius 2 is 1.95 bits per heavy atom. The van der Waals surface area contributed by atoms with Crippen molar-refractivity contribution >= 4 is 11.6 Å². The van der Waals surface area contributed by atoms with Gasteiger partial charge in [-0.05, 0) is 12.1 Å². The van der Waals surface area contributed by atoms with E-state index in [1.807, 2.05) is 0 Å². The molecule has 0 radical (unpaired) electrons. The van der Waals surface area contributed by atoms with E-state index in [-0.39, 0.29) is 37.6 Å². The van der Waals surface area contributed by atoms with Gasteiger partial charge in [0.1, 0.15) is 17.5 Å². The van der Waals surface area contributed by atoms with E-state index in [4.69, 9.17) is 15.5 Å². The highest BCUT2D eigenvalue weighted by Crippen LogP contribution is 2.13. The van der Waals surface area contributed by atoms with Gasteiger partial charge in [0, 0.05) is 19.3 Å². The Hall–Kier alpha value is -2.43. The number of hydrogen-bond acceptors (Lipinski definition) is 5. The molecule has 0 aliphatic heterocycles. The molecule has 0 spiro atoms. The molecule has 0 atom stereocenters. The fourth-order valence-electron chi connectivity index (χ4n) is 1.60. The number of para-hydroxylation sites is 1. The van der Waals surface area contributed by atoms with Gasteiger partial charge in [-0.3, -0.25) is 4.79 Å². The number of carbonyl (C=O) groups is 1. The monoisotopic (exact) mass is 293 g/mol. The Morgan fingerprint density at radius 1 is 1.33 bits per heavy atom. The second-order valence-corrected chi connectivity index (χ2v) is 4.03. The number of rotatable bonds is 7. The van der Waals surface area contributed by atoms with Crippen LogP contribution in [0, 0.1) is 17.1 Å². The molecule has 1 aromatic rings. The molecule has 112 valence electrons. The molecule has 1 amide bonds. The molecule has 1 rings (SSSR count). The quantitative estimate of drug-likeness (QED) is 0.501. The van der Waals surface area contributed by atoms with Crippen LogP contribution < -0.4 is 5.32 Å². The number of hydrogen-bond donors (Lipinski definition) is 3. The lowest BCUT2D eigenvalue weighted by Crippen LogP contribution is -2.36. The van der Waals surface area contributed by atoms with Gasteiger partial charge in [-0.2, -0.15) is 5.26 Å². The van der Waals surface area contributed by atoms with Crippen LogP contribution in [0.4, 0.5) is 10.1 Å². The van der Waals surface area contributed by atoms with Gasteiger partial charge in [0.2, 0.25) is 0 Å². The molecule has 0 fully saturated rings. The van der Waals surface area contributed by atoms with Gasteiger partial charge >= 0.3 is 0 Å². The molecule has 0 aliphatic carbocycles. The summed E-state index contributed by atoms with van der Waals surface area (Å²) in [6.07, 6.45) is 1.10. The lowest BCUT2D eigenvalue weighted by Gasteiger charge is -2.20. The molecule has 0 aliphatic rings. The van der Waals surface area contributed by atoms with E-state index >= 15 is 0 Å². The van der Waals surface area contributed by atoms with Crippen molar-refractivity contribution in [2.45, 2.75) is 0 Å². The molecule has 1 aromatic carbocycles. The van der Waals surface area contributed by atoms with Gasteiger partial charge in [-0.25, -0.2) is 4.39 Å². The number of halogens is 1. The molecular formula is C14H16FN3O3. The molecule has 0 aromatic heterocycles. The lowest BCUT2D eigenvalue weighted by atomic mass is 10.2. The van der Waals surface area contributed by atoms with Crippen LogP contribution in [0.2, 0.25) is 0 Å². The smallest absolute Gasteiger partial charge is 0.266 e. The number of aliphatic hydroxyl groups excluding tert-OH is 2. The number of nitrogens with one attached hydrogen (secondary N) is 1. The summed E-state index contributed by atoms with van der Waals surface area (Å²) >= 11 is 0. The fraction of sp³-hybridized carbons (Fsp3) is 0.286. The van der Waals surface area contributed by atoms with Crippen LogP contribution in [0.1, 0.15) is 0 Å². The van der Waals surface area contributed by atoms with Crippen LogP contribution in [-0.4, -0.2) is 47.3 Å². The van der Waals surface area contributed by atoms with Crippen molar-refractivity contribution in [1.82, 2.24) is 4.90 Å². The third kappa shape index (κ3) is 4.87. The first-order valence-electron chi connectivity index (χ1n) is 6.26. The summed E-state index contributed by atoms with van der Waals surface area (Å²) in [5.41, 5.74) is -0.117. The number of amides is 1. The summed E-state index contributed by atoms with van der Waals surface area (Å²) in [5, 5.41) is 29.3. The average molecular weight is 293 g/mol. The van der Waals surface area contributed by atoms with Gasteiger partial charge in [-0.1, -0.05) is 12.1 Å². The standard InChI is InChI=1S/C14H16FN3O3/c15-12-3-1-2-4-13(12)17-10-11(9-16)14(21)18(5-7-19)6-8-20/h1-4,10,17,19-20H,5-8H2/b11-10-. The third-order valence-corrected chi connectivity index (χ3v) is 2.62. The van der Waals surface area contributed by atoms with E-state index in [9.17, 15) is 9.18 Å². The van der Waals surface area contributed by atoms with Crippen molar-refractivity contribution in [2.24, 2.45) is 0 Å². The molecule has 0 saturated heterocycles. The van der Waals surface area contributed by atoms with Crippen molar-refractivity contribution in [2.75, 3.05) is 31.6 Å². The normalized spacial score (nSPS) is 10.9. The highest BCUT2D eigenvalue weighted by Gasteiger charge is 2.17. The van der Waals surface area contributed by atoms with Crippen molar-refractivity contribution in [3.8, 4) is 6.07 Å². The first kappa shape index (κ1) is 16.6. The number of benzene rings is 1. The highest BCUT2D eigenvalue weighted by atomic mass is 19.1. The third-order valence-electron chi connectivity index (χ3n) is 2.62. The van der Waals surface area contributed by atoms with Crippen molar-refractivity contribution in [1.29, 1.82) is 5.26 Å². The SMILES string of the molecule is N#C/C(=C/Nc1ccccc1F)C(=O)N(CCO)CCO.